The summed E-state index contributed by atoms with van der Waals surface area (Å²) in [7, 11) is 2.08. The summed E-state index contributed by atoms with van der Waals surface area (Å²) in [5.41, 5.74) is 11.4. The number of benzene rings is 1. The minimum atomic E-state index is 0.927. The van der Waals surface area contributed by atoms with E-state index in [9.17, 15) is 0 Å². The molecule has 0 unspecified atom stereocenters. The molecule has 0 atom stereocenters. The molecule has 0 aliphatic heterocycles. The number of rotatable bonds is 1. The van der Waals surface area contributed by atoms with E-state index in [4.69, 9.17) is 0 Å². The van der Waals surface area contributed by atoms with Crippen molar-refractivity contribution in [1.82, 2.24) is 9.97 Å². The average molecular weight is 302 g/mol. The predicted octanol–water partition coefficient (Wildman–Crippen LogP) is 3.46. The number of hydrogen-bond acceptors (Lipinski definition) is 2. The highest BCUT2D eigenvalue weighted by atomic mass is 15.0. The van der Waals surface area contributed by atoms with Gasteiger partial charge < -0.3 is 0 Å². The van der Waals surface area contributed by atoms with Gasteiger partial charge in [0.05, 0.1) is 12.6 Å². The fourth-order valence-corrected chi connectivity index (χ4v) is 3.62. The minimum absolute atomic E-state index is 0.927. The molecule has 1 aromatic carbocycles. The smallest absolute Gasteiger partial charge is 0.264 e. The number of fused-ring (bicyclic) bond motifs is 3. The second-order valence-corrected chi connectivity index (χ2v) is 6.50. The van der Waals surface area contributed by atoms with E-state index in [0.717, 1.165) is 12.1 Å². The van der Waals surface area contributed by atoms with Gasteiger partial charge >= 0.3 is 0 Å². The van der Waals surface area contributed by atoms with Crippen LogP contribution < -0.4 is 4.57 Å². The molecule has 2 heterocycles. The predicted molar refractivity (Wildman–Crippen MR) is 91.1 cm³/mol. The molecular weight excluding hydrogens is 282 g/mol. The van der Waals surface area contributed by atoms with Gasteiger partial charge in [-0.05, 0) is 54.6 Å². The Kier molecular flexibility index (Phi) is 3.05. The van der Waals surface area contributed by atoms with Crippen LogP contribution in [0.25, 0.3) is 22.5 Å². The second-order valence-electron chi connectivity index (χ2n) is 6.50. The molecule has 0 radical (unpaired) electrons. The van der Waals surface area contributed by atoms with Crippen LogP contribution in [-0.4, -0.2) is 9.97 Å². The van der Waals surface area contributed by atoms with Gasteiger partial charge in [-0.2, -0.15) is 0 Å². The number of hydrogen-bond donors (Lipinski definition) is 0. The summed E-state index contributed by atoms with van der Waals surface area (Å²) in [6, 6.07) is 6.65. The summed E-state index contributed by atoms with van der Waals surface area (Å²) in [5, 5.41) is 0. The van der Waals surface area contributed by atoms with Crippen molar-refractivity contribution in [3.8, 4) is 22.5 Å². The van der Waals surface area contributed by atoms with Crippen molar-refractivity contribution in [3.05, 3.63) is 64.7 Å². The Bertz CT molecular complexity index is 942. The lowest BCUT2D eigenvalue weighted by atomic mass is 9.94. The van der Waals surface area contributed by atoms with Crippen molar-refractivity contribution in [2.45, 2.75) is 27.2 Å². The summed E-state index contributed by atoms with van der Waals surface area (Å²) in [6.45, 7) is 6.56. The number of nitrogens with zero attached hydrogens (tertiary/aromatic N) is 3. The fraction of sp³-hybridized carbons (Fsp3) is 0.250. The molecule has 0 fully saturated rings. The average Bonchev–Trinajstić information content (AvgIpc) is 2.89. The molecule has 23 heavy (non-hydrogen) atoms. The molecule has 114 valence electrons. The van der Waals surface area contributed by atoms with Crippen molar-refractivity contribution >= 4 is 0 Å². The summed E-state index contributed by atoms with van der Waals surface area (Å²) in [5.74, 6) is 0. The van der Waals surface area contributed by atoms with Crippen LogP contribution in [0.15, 0.2) is 36.9 Å². The van der Waals surface area contributed by atoms with Crippen molar-refractivity contribution in [1.29, 1.82) is 0 Å². The van der Waals surface area contributed by atoms with E-state index in [1.807, 2.05) is 18.7 Å². The summed E-state index contributed by atoms with van der Waals surface area (Å²) in [6.07, 6.45) is 6.66. The SMILES string of the molecule is Cc1cc(C)c(C)c(-c2c3c(nc[n+]2C)-c2cnccc2C3)c1. The summed E-state index contributed by atoms with van der Waals surface area (Å²) < 4.78 is 2.15. The number of pyridine rings is 1. The van der Waals surface area contributed by atoms with Gasteiger partial charge in [0.25, 0.3) is 6.33 Å². The molecule has 2 aromatic heterocycles. The first-order valence-corrected chi connectivity index (χ1v) is 7.95. The Labute approximate surface area is 136 Å². The van der Waals surface area contributed by atoms with E-state index in [1.165, 1.54) is 44.6 Å². The van der Waals surface area contributed by atoms with E-state index in [0.29, 0.717) is 0 Å². The molecule has 3 heteroatoms. The van der Waals surface area contributed by atoms with Crippen LogP contribution in [0.5, 0.6) is 0 Å². The van der Waals surface area contributed by atoms with Crippen LogP contribution in [0.2, 0.25) is 0 Å². The van der Waals surface area contributed by atoms with Crippen molar-refractivity contribution in [3.63, 3.8) is 0 Å². The lowest BCUT2D eigenvalue weighted by Crippen LogP contribution is -2.33. The first kappa shape index (κ1) is 14.1. The van der Waals surface area contributed by atoms with E-state index < -0.39 is 0 Å². The lowest BCUT2D eigenvalue weighted by molar-refractivity contribution is -0.663. The highest BCUT2D eigenvalue weighted by molar-refractivity contribution is 5.80. The van der Waals surface area contributed by atoms with Crippen molar-refractivity contribution < 1.29 is 4.57 Å². The second kappa shape index (κ2) is 4.98. The van der Waals surface area contributed by atoms with Gasteiger partial charge in [0.15, 0.2) is 5.69 Å². The normalized spacial score (nSPS) is 12.2. The van der Waals surface area contributed by atoms with Crippen molar-refractivity contribution in [2.75, 3.05) is 0 Å². The molecule has 0 bridgehead atoms. The Morgan fingerprint density at radius 1 is 1.09 bits per heavy atom. The maximum absolute atomic E-state index is 4.68. The monoisotopic (exact) mass is 302 g/mol. The van der Waals surface area contributed by atoms with Crippen LogP contribution in [0, 0.1) is 20.8 Å². The fourth-order valence-electron chi connectivity index (χ4n) is 3.62. The molecule has 1 aliphatic rings. The van der Waals surface area contributed by atoms with Gasteiger partial charge in [-0.25, -0.2) is 4.57 Å². The lowest BCUT2D eigenvalue weighted by Gasteiger charge is -2.13. The van der Waals surface area contributed by atoms with Crippen LogP contribution >= 0.6 is 0 Å². The Balaban J connectivity index is 2.03. The molecule has 0 saturated carbocycles. The molecule has 0 spiro atoms. The Hall–Kier alpha value is -2.55. The first-order chi connectivity index (χ1) is 11.1. The molecular formula is C20H20N3+. The zero-order chi connectivity index (χ0) is 16.1. The molecule has 3 aromatic rings. The molecule has 1 aliphatic carbocycles. The van der Waals surface area contributed by atoms with E-state index in [2.05, 4.69) is 60.6 Å². The highest BCUT2D eigenvalue weighted by Crippen LogP contribution is 2.39. The van der Waals surface area contributed by atoms with E-state index in [1.54, 1.807) is 0 Å². The van der Waals surface area contributed by atoms with E-state index in [-0.39, 0.29) is 0 Å². The molecule has 0 saturated heterocycles. The Morgan fingerprint density at radius 3 is 2.74 bits per heavy atom. The van der Waals surface area contributed by atoms with Gasteiger partial charge in [0.2, 0.25) is 0 Å². The third kappa shape index (κ3) is 2.07. The topological polar surface area (TPSA) is 29.7 Å². The maximum atomic E-state index is 4.68. The van der Waals surface area contributed by atoms with Crippen molar-refractivity contribution in [2.24, 2.45) is 7.05 Å². The van der Waals surface area contributed by atoms with Gasteiger partial charge in [-0.1, -0.05) is 11.6 Å². The van der Waals surface area contributed by atoms with Gasteiger partial charge in [-0.15, -0.1) is 0 Å². The standard InChI is InChI=1S/C20H20N3/c1-12-7-13(2)14(3)16(8-12)20-17-9-15-5-6-21-10-18(15)19(17)22-11-23(20)4/h5-8,10-11H,9H2,1-4H3/q+1. The van der Waals surface area contributed by atoms with Gasteiger partial charge in [-0.3, -0.25) is 4.98 Å². The molecule has 3 nitrogen and oxygen atoms in total. The van der Waals surface area contributed by atoms with E-state index >= 15 is 0 Å². The van der Waals surface area contributed by atoms with Gasteiger partial charge in [0.1, 0.15) is 5.69 Å². The molecule has 0 amide bonds. The van der Waals surface area contributed by atoms with Crippen LogP contribution in [-0.2, 0) is 13.5 Å². The minimum Gasteiger partial charge on any atom is -0.264 e. The quantitative estimate of drug-likeness (QED) is 0.504. The molecule has 4 rings (SSSR count). The zero-order valence-electron chi connectivity index (χ0n) is 14.0. The zero-order valence-corrected chi connectivity index (χ0v) is 14.0. The third-order valence-electron chi connectivity index (χ3n) is 4.88. The highest BCUT2D eigenvalue weighted by Gasteiger charge is 2.30. The number of aromatic nitrogens is 3. The summed E-state index contributed by atoms with van der Waals surface area (Å²) >= 11 is 0. The van der Waals surface area contributed by atoms with Gasteiger partial charge in [0, 0.05) is 29.9 Å². The maximum Gasteiger partial charge on any atom is 0.287 e. The molecule has 0 N–H and O–H groups in total. The van der Waals surface area contributed by atoms with Crippen LogP contribution in [0.1, 0.15) is 27.8 Å². The number of aryl methyl sites for hydroxylation is 3. The van der Waals surface area contributed by atoms with Crippen LogP contribution in [0.4, 0.5) is 0 Å². The van der Waals surface area contributed by atoms with Crippen LogP contribution in [0.3, 0.4) is 0 Å². The third-order valence-corrected chi connectivity index (χ3v) is 4.88. The Morgan fingerprint density at radius 2 is 1.91 bits per heavy atom. The first-order valence-electron chi connectivity index (χ1n) is 7.95. The summed E-state index contributed by atoms with van der Waals surface area (Å²) in [4.78, 5) is 8.96. The largest absolute Gasteiger partial charge is 0.287 e.